The molecule has 2 N–H and O–H groups in total. The fourth-order valence-corrected chi connectivity index (χ4v) is 3.92. The zero-order valence-corrected chi connectivity index (χ0v) is 15.1. The Morgan fingerprint density at radius 3 is 2.78 bits per heavy atom. The van der Waals surface area contributed by atoms with Gasteiger partial charge >= 0.3 is 5.97 Å². The molecule has 0 aliphatic carbocycles. The minimum atomic E-state index is -1.33. The highest BCUT2D eigenvalue weighted by atomic mass is 32.1. The van der Waals surface area contributed by atoms with E-state index in [9.17, 15) is 19.8 Å². The first-order valence-electron chi connectivity index (χ1n) is 8.00. The highest BCUT2D eigenvalue weighted by molar-refractivity contribution is 7.17. The summed E-state index contributed by atoms with van der Waals surface area (Å²) in [7, 11) is 1.85. The number of aromatic hydroxyl groups is 1. The maximum Gasteiger partial charge on any atom is 0.341 e. The van der Waals surface area contributed by atoms with Crippen molar-refractivity contribution in [2.45, 2.75) is 13.1 Å². The molecular weight excluding hydrogens is 370 g/mol. The molecule has 0 bridgehead atoms. The molecular formula is C17H15N5O4S. The van der Waals surface area contributed by atoms with Crippen molar-refractivity contribution in [3.05, 3.63) is 63.3 Å². The van der Waals surface area contributed by atoms with Crippen molar-refractivity contribution >= 4 is 27.5 Å². The smallest absolute Gasteiger partial charge is 0.341 e. The molecule has 4 aromatic heterocycles. The Morgan fingerprint density at radius 2 is 2.07 bits per heavy atom. The van der Waals surface area contributed by atoms with Gasteiger partial charge in [-0.05, 0) is 17.5 Å². The van der Waals surface area contributed by atoms with E-state index in [-0.39, 0.29) is 12.1 Å². The van der Waals surface area contributed by atoms with Crippen molar-refractivity contribution in [1.29, 1.82) is 0 Å². The van der Waals surface area contributed by atoms with Gasteiger partial charge in [0.15, 0.2) is 5.75 Å². The predicted molar refractivity (Wildman–Crippen MR) is 98.3 cm³/mol. The summed E-state index contributed by atoms with van der Waals surface area (Å²) in [5.74, 6) is -2.08. The molecule has 0 fully saturated rings. The summed E-state index contributed by atoms with van der Waals surface area (Å²) in [6.07, 6.45) is 5.16. The van der Waals surface area contributed by atoms with Crippen molar-refractivity contribution in [3.8, 4) is 5.75 Å². The number of aromatic carboxylic acids is 1. The number of pyridine rings is 1. The number of rotatable bonds is 5. The van der Waals surface area contributed by atoms with Gasteiger partial charge in [-0.2, -0.15) is 10.2 Å². The fraction of sp³-hybridized carbons (Fsp3) is 0.176. The molecule has 138 valence electrons. The number of carboxylic acid groups (broad SMARTS) is 1. The lowest BCUT2D eigenvalue weighted by atomic mass is 10.2. The first-order chi connectivity index (χ1) is 13.0. The highest BCUT2D eigenvalue weighted by Crippen LogP contribution is 2.29. The molecule has 4 aromatic rings. The van der Waals surface area contributed by atoms with E-state index in [1.54, 1.807) is 39.4 Å². The summed E-state index contributed by atoms with van der Waals surface area (Å²) in [5.41, 5.74) is 1.12. The number of carbonyl (C=O) groups is 1. The van der Waals surface area contributed by atoms with E-state index in [1.807, 2.05) is 13.1 Å². The van der Waals surface area contributed by atoms with Crippen molar-refractivity contribution in [1.82, 2.24) is 24.1 Å². The first-order valence-corrected chi connectivity index (χ1v) is 8.88. The Morgan fingerprint density at radius 1 is 1.26 bits per heavy atom. The van der Waals surface area contributed by atoms with Crippen LogP contribution in [0, 0.1) is 0 Å². The van der Waals surface area contributed by atoms with Gasteiger partial charge in [0.25, 0.3) is 5.56 Å². The number of aromatic nitrogens is 5. The topological polar surface area (TPSA) is 115 Å². The maximum absolute atomic E-state index is 12.5. The van der Waals surface area contributed by atoms with Crippen LogP contribution in [0.25, 0.3) is 10.2 Å². The Bertz CT molecular complexity index is 1220. The number of hydrogen-bond acceptors (Lipinski definition) is 6. The number of carboxylic acids is 1. The van der Waals surface area contributed by atoms with Crippen molar-refractivity contribution in [2.24, 2.45) is 7.05 Å². The second kappa shape index (κ2) is 6.40. The summed E-state index contributed by atoms with van der Waals surface area (Å²) in [5, 5.41) is 29.5. The van der Waals surface area contributed by atoms with Gasteiger partial charge in [0.05, 0.1) is 35.2 Å². The molecule has 0 saturated heterocycles. The van der Waals surface area contributed by atoms with Crippen LogP contribution >= 0.6 is 11.3 Å². The van der Waals surface area contributed by atoms with Gasteiger partial charge in [0.1, 0.15) is 5.56 Å². The van der Waals surface area contributed by atoms with Crippen LogP contribution in [-0.2, 0) is 20.1 Å². The van der Waals surface area contributed by atoms with Crippen LogP contribution in [0.2, 0.25) is 0 Å². The van der Waals surface area contributed by atoms with E-state index in [4.69, 9.17) is 0 Å². The average Bonchev–Trinajstić information content (AvgIpc) is 3.35. The minimum absolute atomic E-state index is 0.172. The van der Waals surface area contributed by atoms with Gasteiger partial charge in [0.2, 0.25) is 0 Å². The molecule has 4 heterocycles. The Labute approximate surface area is 156 Å². The monoisotopic (exact) mass is 385 g/mol. The lowest BCUT2D eigenvalue weighted by Gasteiger charge is -2.09. The van der Waals surface area contributed by atoms with E-state index in [1.165, 1.54) is 15.9 Å². The number of fused-ring (bicyclic) bond motifs is 1. The highest BCUT2D eigenvalue weighted by Gasteiger charge is 2.22. The van der Waals surface area contributed by atoms with Crippen molar-refractivity contribution in [2.75, 3.05) is 0 Å². The molecule has 27 heavy (non-hydrogen) atoms. The van der Waals surface area contributed by atoms with E-state index in [0.29, 0.717) is 16.8 Å². The van der Waals surface area contributed by atoms with Crippen LogP contribution in [0.5, 0.6) is 5.75 Å². The largest absolute Gasteiger partial charge is 0.502 e. The third-order valence-corrected chi connectivity index (χ3v) is 5.26. The summed E-state index contributed by atoms with van der Waals surface area (Å²) in [6, 6.07) is 3.57. The fourth-order valence-electron chi connectivity index (χ4n) is 2.99. The number of aryl methyl sites for hydroxylation is 1. The molecule has 0 aliphatic rings. The summed E-state index contributed by atoms with van der Waals surface area (Å²) < 4.78 is 5.21. The van der Waals surface area contributed by atoms with Crippen LogP contribution in [0.4, 0.5) is 0 Å². The molecule has 0 unspecified atom stereocenters. The summed E-state index contributed by atoms with van der Waals surface area (Å²) >= 11 is 1.17. The zero-order valence-electron chi connectivity index (χ0n) is 14.2. The van der Waals surface area contributed by atoms with Crippen LogP contribution in [-0.4, -0.2) is 40.3 Å². The molecule has 0 saturated carbocycles. The molecule has 0 spiro atoms. The lowest BCUT2D eigenvalue weighted by molar-refractivity contribution is 0.0695. The minimum Gasteiger partial charge on any atom is -0.502 e. The Kier molecular flexibility index (Phi) is 4.04. The van der Waals surface area contributed by atoms with Crippen LogP contribution in [0.1, 0.15) is 21.6 Å². The van der Waals surface area contributed by atoms with Crippen molar-refractivity contribution < 1.29 is 15.0 Å². The second-order valence-corrected chi connectivity index (χ2v) is 6.96. The lowest BCUT2D eigenvalue weighted by Crippen LogP contribution is -2.22. The van der Waals surface area contributed by atoms with Gasteiger partial charge < -0.3 is 10.2 Å². The van der Waals surface area contributed by atoms with Crippen LogP contribution in [0.15, 0.2) is 40.9 Å². The normalized spacial score (nSPS) is 11.3. The second-order valence-electron chi connectivity index (χ2n) is 6.05. The third kappa shape index (κ3) is 2.89. The third-order valence-electron chi connectivity index (χ3n) is 4.33. The van der Waals surface area contributed by atoms with Gasteiger partial charge in [-0.1, -0.05) is 0 Å². The molecule has 0 radical (unpaired) electrons. The van der Waals surface area contributed by atoms with Crippen LogP contribution < -0.4 is 5.56 Å². The van der Waals surface area contributed by atoms with Gasteiger partial charge in [-0.25, -0.2) is 4.79 Å². The van der Waals surface area contributed by atoms with E-state index in [0.717, 1.165) is 11.3 Å². The van der Waals surface area contributed by atoms with Gasteiger partial charge in [-0.3, -0.25) is 18.7 Å². The molecule has 4 rings (SSSR count). The number of hydrogen-bond donors (Lipinski definition) is 2. The Hall–Kier alpha value is -3.40. The Balaban J connectivity index is 1.71. The maximum atomic E-state index is 12.5. The molecule has 0 atom stereocenters. The molecule has 10 heteroatoms. The quantitative estimate of drug-likeness (QED) is 0.538. The molecule has 0 aromatic carbocycles. The SMILES string of the molecule is Cn1nccc1Cn1cc(Cn2c(=O)c(O)c(C(=O)O)c3sccc32)cn1. The van der Waals surface area contributed by atoms with Gasteiger partial charge in [-0.15, -0.1) is 11.3 Å². The standard InChI is InChI=1S/C17H15N5O4S/c1-20-11(2-4-18-20)9-21-7-10(6-19-21)8-22-12-3-5-27-15(12)13(17(25)26)14(23)16(22)24/h2-7,23H,8-9H2,1H3,(H,25,26). The molecule has 0 aliphatic heterocycles. The van der Waals surface area contributed by atoms with E-state index in [2.05, 4.69) is 10.2 Å². The number of thiophene rings is 1. The molecule has 0 amide bonds. The summed E-state index contributed by atoms with van der Waals surface area (Å²) in [4.78, 5) is 23.9. The first kappa shape index (κ1) is 17.0. The van der Waals surface area contributed by atoms with E-state index >= 15 is 0 Å². The molecule has 9 nitrogen and oxygen atoms in total. The average molecular weight is 385 g/mol. The van der Waals surface area contributed by atoms with Gasteiger partial charge in [0, 0.05) is 25.0 Å². The number of nitrogens with zero attached hydrogens (tertiary/aromatic N) is 5. The van der Waals surface area contributed by atoms with Crippen molar-refractivity contribution in [3.63, 3.8) is 0 Å². The van der Waals surface area contributed by atoms with Crippen LogP contribution in [0.3, 0.4) is 0 Å². The summed E-state index contributed by atoms with van der Waals surface area (Å²) in [6.45, 7) is 0.702. The zero-order chi connectivity index (χ0) is 19.1. The van der Waals surface area contributed by atoms with E-state index < -0.39 is 17.3 Å². The predicted octanol–water partition coefficient (Wildman–Crippen LogP) is 1.49.